The van der Waals surface area contributed by atoms with E-state index in [4.69, 9.17) is 14.4 Å². The number of ether oxygens (including phenoxy) is 1. The van der Waals surface area contributed by atoms with Crippen LogP contribution in [0.3, 0.4) is 0 Å². The van der Waals surface area contributed by atoms with Gasteiger partial charge in [0.15, 0.2) is 5.69 Å². The summed E-state index contributed by atoms with van der Waals surface area (Å²) in [5, 5.41) is 25.9. The minimum absolute atomic E-state index is 0.117. The van der Waals surface area contributed by atoms with Crippen LogP contribution in [0.15, 0.2) is 35.1 Å². The molecule has 4 heterocycles. The van der Waals surface area contributed by atoms with Crippen molar-refractivity contribution in [2.24, 2.45) is 0 Å². The fourth-order valence-electron chi connectivity index (χ4n) is 3.09. The minimum atomic E-state index is -1.03. The highest BCUT2D eigenvalue weighted by molar-refractivity contribution is 5.87. The highest BCUT2D eigenvalue weighted by Crippen LogP contribution is 2.35. The van der Waals surface area contributed by atoms with Gasteiger partial charge in [0.1, 0.15) is 12.4 Å². The molecule has 0 saturated heterocycles. The van der Waals surface area contributed by atoms with Gasteiger partial charge >= 0.3 is 5.97 Å². The number of carboxylic acids is 1. The van der Waals surface area contributed by atoms with Crippen LogP contribution < -0.4 is 4.74 Å². The Morgan fingerprint density at radius 3 is 2.67 bits per heavy atom. The lowest BCUT2D eigenvalue weighted by molar-refractivity contribution is 0.0696. The largest absolute Gasteiger partial charge is 0.478 e. The van der Waals surface area contributed by atoms with Crippen molar-refractivity contribution >= 4 is 11.5 Å². The van der Waals surface area contributed by atoms with E-state index in [0.29, 0.717) is 28.9 Å². The first kappa shape index (κ1) is 19.5. The molecule has 0 aromatic carbocycles. The lowest BCUT2D eigenvalue weighted by Gasteiger charge is -2.18. The molecule has 0 atom stereocenters. The topological polar surface area (TPSA) is 129 Å². The molecule has 154 valence electrons. The number of hydrogen-bond acceptors (Lipinski definition) is 8. The van der Waals surface area contributed by atoms with E-state index in [1.54, 1.807) is 29.8 Å². The maximum Gasteiger partial charge on any atom is 0.337 e. The zero-order chi connectivity index (χ0) is 21.5. The van der Waals surface area contributed by atoms with Crippen LogP contribution in [-0.2, 0) is 12.0 Å². The summed E-state index contributed by atoms with van der Waals surface area (Å²) in [6, 6.07) is 4.86. The van der Waals surface area contributed by atoms with E-state index in [1.165, 1.54) is 12.3 Å². The lowest BCUT2D eigenvalue weighted by atomic mass is 9.88. The predicted octanol–water partition coefficient (Wildman–Crippen LogP) is 3.06. The first-order chi connectivity index (χ1) is 14.2. The summed E-state index contributed by atoms with van der Waals surface area (Å²) in [6.45, 7) is 8.09. The number of aromatic carboxylic acids is 1. The second-order valence-corrected chi connectivity index (χ2v) is 7.85. The van der Waals surface area contributed by atoms with Crippen molar-refractivity contribution in [3.05, 3.63) is 53.2 Å². The fraction of sp³-hybridized carbons (Fsp3) is 0.300. The van der Waals surface area contributed by atoms with Crippen molar-refractivity contribution in [1.29, 1.82) is 0 Å². The third kappa shape index (κ3) is 3.59. The molecule has 10 heteroatoms. The third-order valence-electron chi connectivity index (χ3n) is 4.46. The van der Waals surface area contributed by atoms with Gasteiger partial charge in [-0.15, -0.1) is 10.2 Å². The zero-order valence-electron chi connectivity index (χ0n) is 16.9. The summed E-state index contributed by atoms with van der Waals surface area (Å²) >= 11 is 0. The van der Waals surface area contributed by atoms with Crippen LogP contribution >= 0.6 is 0 Å². The third-order valence-corrected chi connectivity index (χ3v) is 4.46. The first-order valence-electron chi connectivity index (χ1n) is 9.23. The monoisotopic (exact) mass is 408 g/mol. The molecule has 4 rings (SSSR count). The van der Waals surface area contributed by atoms with Gasteiger partial charge in [-0.3, -0.25) is 4.98 Å². The van der Waals surface area contributed by atoms with Gasteiger partial charge in [-0.2, -0.15) is 5.10 Å². The van der Waals surface area contributed by atoms with Crippen molar-refractivity contribution in [3.8, 4) is 17.4 Å². The van der Waals surface area contributed by atoms with Crippen molar-refractivity contribution in [2.75, 3.05) is 0 Å². The summed E-state index contributed by atoms with van der Waals surface area (Å²) in [5.74, 6) is 0.483. The number of nitrogens with zero attached hydrogens (tertiary/aromatic N) is 6. The SMILES string of the molecule is Cc1cc(-c2nncc3c(C(C)(C)C)c(OCc4ccc(C(=O)O)cn4)nn23)no1. The molecule has 10 nitrogen and oxygen atoms in total. The lowest BCUT2D eigenvalue weighted by Crippen LogP contribution is -2.13. The quantitative estimate of drug-likeness (QED) is 0.529. The summed E-state index contributed by atoms with van der Waals surface area (Å²) in [6.07, 6.45) is 2.94. The zero-order valence-corrected chi connectivity index (χ0v) is 16.9. The van der Waals surface area contributed by atoms with E-state index in [9.17, 15) is 4.79 Å². The van der Waals surface area contributed by atoms with E-state index in [-0.39, 0.29) is 17.6 Å². The van der Waals surface area contributed by atoms with Crippen molar-refractivity contribution < 1.29 is 19.2 Å². The predicted molar refractivity (Wildman–Crippen MR) is 105 cm³/mol. The van der Waals surface area contributed by atoms with Crippen LogP contribution in [0.25, 0.3) is 17.0 Å². The Morgan fingerprint density at radius 2 is 2.07 bits per heavy atom. The average molecular weight is 408 g/mol. The molecule has 0 spiro atoms. The van der Waals surface area contributed by atoms with Gasteiger partial charge in [0, 0.05) is 17.8 Å². The second kappa shape index (κ2) is 7.21. The highest BCUT2D eigenvalue weighted by atomic mass is 16.5. The molecule has 0 fully saturated rings. The first-order valence-corrected chi connectivity index (χ1v) is 9.23. The number of carboxylic acid groups (broad SMARTS) is 1. The summed E-state index contributed by atoms with van der Waals surface area (Å²) in [5.41, 5.74) is 2.54. The average Bonchev–Trinajstić information content (AvgIpc) is 3.29. The van der Waals surface area contributed by atoms with E-state index >= 15 is 0 Å². The Hall–Kier alpha value is -3.82. The molecule has 0 bridgehead atoms. The van der Waals surface area contributed by atoms with E-state index in [2.05, 4.69) is 46.2 Å². The smallest absolute Gasteiger partial charge is 0.337 e. The molecule has 0 radical (unpaired) electrons. The Bertz CT molecular complexity index is 1220. The number of aromatic nitrogens is 6. The number of carbonyl (C=O) groups is 1. The van der Waals surface area contributed by atoms with Crippen LogP contribution in [0.2, 0.25) is 0 Å². The number of pyridine rings is 1. The summed E-state index contributed by atoms with van der Waals surface area (Å²) < 4.78 is 12.8. The number of rotatable bonds is 5. The van der Waals surface area contributed by atoms with E-state index < -0.39 is 5.97 Å². The van der Waals surface area contributed by atoms with Gasteiger partial charge in [0.2, 0.25) is 11.7 Å². The Morgan fingerprint density at radius 1 is 1.27 bits per heavy atom. The summed E-state index contributed by atoms with van der Waals surface area (Å²) in [4.78, 5) is 15.1. The van der Waals surface area contributed by atoms with Gasteiger partial charge in [0.25, 0.3) is 0 Å². The molecule has 4 aromatic rings. The van der Waals surface area contributed by atoms with Gasteiger partial charge < -0.3 is 14.4 Å². The van der Waals surface area contributed by atoms with E-state index in [0.717, 1.165) is 11.1 Å². The molecule has 0 unspecified atom stereocenters. The van der Waals surface area contributed by atoms with Gasteiger partial charge in [0.05, 0.1) is 23.0 Å². The van der Waals surface area contributed by atoms with Crippen molar-refractivity contribution in [2.45, 2.75) is 39.7 Å². The van der Waals surface area contributed by atoms with Gasteiger partial charge in [-0.05, 0) is 24.5 Å². The van der Waals surface area contributed by atoms with Gasteiger partial charge in [-0.25, -0.2) is 9.31 Å². The number of aryl methyl sites for hydroxylation is 1. The molecule has 4 aromatic heterocycles. The molecule has 30 heavy (non-hydrogen) atoms. The van der Waals surface area contributed by atoms with Crippen LogP contribution in [0, 0.1) is 6.92 Å². The maximum absolute atomic E-state index is 11.0. The molecule has 0 aliphatic rings. The van der Waals surface area contributed by atoms with Crippen LogP contribution in [-0.4, -0.2) is 41.0 Å². The maximum atomic E-state index is 11.0. The number of fused-ring (bicyclic) bond motifs is 1. The van der Waals surface area contributed by atoms with Gasteiger partial charge in [-0.1, -0.05) is 25.9 Å². The Kier molecular flexibility index (Phi) is 4.69. The molecule has 0 aliphatic carbocycles. The normalized spacial score (nSPS) is 11.7. The van der Waals surface area contributed by atoms with E-state index in [1.807, 2.05) is 0 Å². The Balaban J connectivity index is 1.74. The number of hydrogen-bond donors (Lipinski definition) is 1. The fourth-order valence-corrected chi connectivity index (χ4v) is 3.09. The highest BCUT2D eigenvalue weighted by Gasteiger charge is 2.28. The molecule has 0 aliphatic heterocycles. The Labute approximate surface area is 171 Å². The molecule has 0 saturated carbocycles. The summed E-state index contributed by atoms with van der Waals surface area (Å²) in [7, 11) is 0. The second-order valence-electron chi connectivity index (χ2n) is 7.85. The van der Waals surface area contributed by atoms with Crippen molar-refractivity contribution in [1.82, 2.24) is 30.0 Å². The molecule has 1 N–H and O–H groups in total. The van der Waals surface area contributed by atoms with Crippen LogP contribution in [0.4, 0.5) is 0 Å². The minimum Gasteiger partial charge on any atom is -0.478 e. The standard InChI is InChI=1S/C20H20N6O4/c1-11-7-14(25-30-11)17-23-22-9-15-16(20(2,3)4)18(24-26(15)17)29-10-13-6-5-12(8-21-13)19(27)28/h5-9H,10H2,1-4H3,(H,27,28). The molecular formula is C20H20N6O4. The van der Waals surface area contributed by atoms with Crippen molar-refractivity contribution in [3.63, 3.8) is 0 Å². The molecular weight excluding hydrogens is 388 g/mol. The molecule has 0 amide bonds. The van der Waals surface area contributed by atoms with Crippen LogP contribution in [0.5, 0.6) is 5.88 Å². The van der Waals surface area contributed by atoms with Crippen LogP contribution in [0.1, 0.15) is 48.1 Å².